The summed E-state index contributed by atoms with van der Waals surface area (Å²) in [7, 11) is 0. The molecular formula is C53H39N3. The Bertz CT molecular complexity index is 3020. The lowest BCUT2D eigenvalue weighted by Gasteiger charge is -2.30. The maximum Gasteiger partial charge on any atom is 0.131 e. The molecule has 1 atom stereocenters. The standard InChI is InChI=1S/C53H39N3/c1-35(37-29-31-39(32-30-37)44-26-16-20-38-17-10-11-24-43(38)44)42-23-12-14-27-47(42)54-36(2)56-49-28-15-13-25-45(49)46-33-34-48-50(51(46)56)53(3,41-21-8-5-9-22-41)52(55-48)40-18-6-4-7-19-40/h4-34H,2H2,1,3H3/b42-35+,54-47-. The first-order valence-electron chi connectivity index (χ1n) is 19.2. The predicted molar refractivity (Wildman–Crippen MR) is 238 cm³/mol. The minimum absolute atomic E-state index is 0.537. The van der Waals surface area contributed by atoms with E-state index in [1.165, 1.54) is 27.5 Å². The first-order chi connectivity index (χ1) is 27.5. The number of aliphatic imine (C=N–C) groups is 2. The van der Waals surface area contributed by atoms with Gasteiger partial charge in [0.1, 0.15) is 5.82 Å². The minimum Gasteiger partial charge on any atom is -0.294 e. The Hall–Kier alpha value is -7.10. The monoisotopic (exact) mass is 717 g/mol. The van der Waals surface area contributed by atoms with E-state index < -0.39 is 5.41 Å². The summed E-state index contributed by atoms with van der Waals surface area (Å²) in [5.41, 5.74) is 13.8. The highest BCUT2D eigenvalue weighted by molar-refractivity contribution is 6.22. The van der Waals surface area contributed by atoms with Gasteiger partial charge in [0.25, 0.3) is 0 Å². The van der Waals surface area contributed by atoms with Crippen LogP contribution >= 0.6 is 0 Å². The first-order valence-corrected chi connectivity index (χ1v) is 19.2. The maximum atomic E-state index is 5.41. The number of benzene rings is 7. The quantitative estimate of drug-likeness (QED) is 0.164. The molecule has 0 radical (unpaired) electrons. The SMILES string of the molecule is C=C(/N=C1/C=CC=C/C1=C(/C)c1ccc(-c2cccc3ccccc23)cc1)n1c2ccccc2c2ccc3c(c21)C(C)(c1ccccc1)C(c1ccccc1)=N3. The second-order valence-electron chi connectivity index (χ2n) is 14.8. The van der Waals surface area contributed by atoms with Gasteiger partial charge in [-0.3, -0.25) is 9.56 Å². The minimum atomic E-state index is -0.537. The fraction of sp³-hybridized carbons (Fsp3) is 0.0566. The molecule has 2 heterocycles. The molecule has 8 aromatic rings. The van der Waals surface area contributed by atoms with E-state index in [-0.39, 0.29) is 0 Å². The van der Waals surface area contributed by atoms with Gasteiger partial charge in [-0.15, -0.1) is 0 Å². The van der Waals surface area contributed by atoms with Crippen molar-refractivity contribution in [3.8, 4) is 11.1 Å². The number of nitrogens with zero attached hydrogens (tertiary/aromatic N) is 3. The number of hydrogen-bond acceptors (Lipinski definition) is 2. The molecular weight excluding hydrogens is 679 g/mol. The summed E-state index contributed by atoms with van der Waals surface area (Å²) in [4.78, 5) is 10.8. The van der Waals surface area contributed by atoms with Crippen LogP contribution in [0.15, 0.2) is 210 Å². The average molecular weight is 718 g/mol. The van der Waals surface area contributed by atoms with Crippen molar-refractivity contribution >= 4 is 61.1 Å². The van der Waals surface area contributed by atoms with Gasteiger partial charge in [-0.1, -0.05) is 176 Å². The van der Waals surface area contributed by atoms with Gasteiger partial charge in [-0.05, 0) is 76.2 Å². The van der Waals surface area contributed by atoms with Gasteiger partial charge >= 0.3 is 0 Å². The van der Waals surface area contributed by atoms with Gasteiger partial charge in [0.2, 0.25) is 0 Å². The Morgan fingerprint density at radius 1 is 0.625 bits per heavy atom. The third-order valence-corrected chi connectivity index (χ3v) is 11.7. The molecule has 7 aromatic carbocycles. The van der Waals surface area contributed by atoms with Crippen LogP contribution in [0.3, 0.4) is 0 Å². The molecule has 266 valence electrons. The van der Waals surface area contributed by atoms with Gasteiger partial charge < -0.3 is 0 Å². The van der Waals surface area contributed by atoms with E-state index in [4.69, 9.17) is 16.6 Å². The van der Waals surface area contributed by atoms with Gasteiger partial charge in [-0.2, -0.15) is 0 Å². The maximum absolute atomic E-state index is 5.41. The molecule has 0 fully saturated rings. The molecule has 3 heteroatoms. The van der Waals surface area contributed by atoms with Gasteiger partial charge in [0.15, 0.2) is 0 Å². The Kier molecular flexibility index (Phi) is 7.97. The molecule has 1 aliphatic carbocycles. The van der Waals surface area contributed by atoms with Crippen LogP contribution < -0.4 is 0 Å². The molecule has 2 aliphatic rings. The van der Waals surface area contributed by atoms with E-state index in [0.29, 0.717) is 5.82 Å². The van der Waals surface area contributed by atoms with E-state index in [1.807, 2.05) is 0 Å². The molecule has 3 nitrogen and oxygen atoms in total. The lowest BCUT2D eigenvalue weighted by Crippen LogP contribution is -2.32. The highest BCUT2D eigenvalue weighted by atomic mass is 15.1. The second kappa shape index (κ2) is 13.3. The van der Waals surface area contributed by atoms with Crippen molar-refractivity contribution in [3.63, 3.8) is 0 Å². The van der Waals surface area contributed by atoms with E-state index in [9.17, 15) is 0 Å². The zero-order chi connectivity index (χ0) is 37.8. The number of para-hydroxylation sites is 1. The normalized spacial score (nSPS) is 17.8. The van der Waals surface area contributed by atoms with E-state index >= 15 is 0 Å². The summed E-state index contributed by atoms with van der Waals surface area (Å²) in [6, 6.07) is 58.3. The Labute approximate surface area is 327 Å². The molecule has 0 bridgehead atoms. The lowest BCUT2D eigenvalue weighted by atomic mass is 9.71. The number of fused-ring (bicyclic) bond motifs is 6. The van der Waals surface area contributed by atoms with Crippen LogP contribution in [0.4, 0.5) is 5.69 Å². The molecule has 10 rings (SSSR count). The van der Waals surface area contributed by atoms with Gasteiger partial charge in [0, 0.05) is 21.9 Å². The van der Waals surface area contributed by atoms with Crippen molar-refractivity contribution in [1.82, 2.24) is 4.57 Å². The van der Waals surface area contributed by atoms with Crippen LogP contribution in [-0.2, 0) is 5.41 Å². The molecule has 0 saturated carbocycles. The topological polar surface area (TPSA) is 29.6 Å². The van der Waals surface area contributed by atoms with Crippen LogP contribution in [0.25, 0.3) is 55.1 Å². The molecule has 1 aromatic heterocycles. The number of rotatable bonds is 6. The van der Waals surface area contributed by atoms with Crippen LogP contribution in [0.2, 0.25) is 0 Å². The molecule has 0 saturated heterocycles. The summed E-state index contributed by atoms with van der Waals surface area (Å²) >= 11 is 0. The highest BCUT2D eigenvalue weighted by Gasteiger charge is 2.44. The van der Waals surface area contributed by atoms with E-state index in [0.717, 1.165) is 66.8 Å². The predicted octanol–water partition coefficient (Wildman–Crippen LogP) is 13.5. The summed E-state index contributed by atoms with van der Waals surface area (Å²) in [6.07, 6.45) is 8.41. The van der Waals surface area contributed by atoms with Crippen molar-refractivity contribution in [3.05, 3.63) is 223 Å². The third kappa shape index (κ3) is 5.27. The second-order valence-corrected chi connectivity index (χ2v) is 14.8. The molecule has 0 N–H and O–H groups in total. The van der Waals surface area contributed by atoms with Gasteiger partial charge in [-0.25, -0.2) is 4.99 Å². The number of aromatic nitrogens is 1. The van der Waals surface area contributed by atoms with Crippen molar-refractivity contribution in [1.29, 1.82) is 0 Å². The Morgan fingerprint density at radius 3 is 2.11 bits per heavy atom. The van der Waals surface area contributed by atoms with Crippen LogP contribution in [-0.4, -0.2) is 16.0 Å². The van der Waals surface area contributed by atoms with Crippen LogP contribution in [0, 0.1) is 0 Å². The smallest absolute Gasteiger partial charge is 0.131 e. The van der Waals surface area contributed by atoms with Crippen molar-refractivity contribution in [2.75, 3.05) is 0 Å². The summed E-state index contributed by atoms with van der Waals surface area (Å²) in [5, 5.41) is 4.82. The van der Waals surface area contributed by atoms with Crippen molar-refractivity contribution in [2.24, 2.45) is 9.98 Å². The lowest BCUT2D eigenvalue weighted by molar-refractivity contribution is 0.797. The Balaban J connectivity index is 1.11. The average Bonchev–Trinajstić information content (AvgIpc) is 3.76. The van der Waals surface area contributed by atoms with E-state index in [2.05, 4.69) is 207 Å². The zero-order valence-electron chi connectivity index (χ0n) is 31.4. The molecule has 0 amide bonds. The van der Waals surface area contributed by atoms with Crippen molar-refractivity contribution in [2.45, 2.75) is 19.3 Å². The van der Waals surface area contributed by atoms with Crippen molar-refractivity contribution < 1.29 is 0 Å². The molecule has 1 unspecified atom stereocenters. The molecule has 56 heavy (non-hydrogen) atoms. The molecule has 0 spiro atoms. The number of hydrogen-bond donors (Lipinski definition) is 0. The van der Waals surface area contributed by atoms with Crippen LogP contribution in [0.5, 0.6) is 0 Å². The highest BCUT2D eigenvalue weighted by Crippen LogP contribution is 2.51. The Morgan fingerprint density at radius 2 is 1.30 bits per heavy atom. The zero-order valence-corrected chi connectivity index (χ0v) is 31.4. The summed E-state index contributed by atoms with van der Waals surface area (Å²) in [5.74, 6) is 0.653. The summed E-state index contributed by atoms with van der Waals surface area (Å²) in [6.45, 7) is 9.21. The largest absolute Gasteiger partial charge is 0.294 e. The third-order valence-electron chi connectivity index (χ3n) is 11.7. The molecule has 1 aliphatic heterocycles. The van der Waals surface area contributed by atoms with Gasteiger partial charge in [0.05, 0.1) is 33.6 Å². The fourth-order valence-electron chi connectivity index (χ4n) is 8.86. The summed E-state index contributed by atoms with van der Waals surface area (Å²) < 4.78 is 2.26. The fourth-order valence-corrected chi connectivity index (χ4v) is 8.86. The van der Waals surface area contributed by atoms with Crippen LogP contribution in [0.1, 0.15) is 36.1 Å². The van der Waals surface area contributed by atoms with E-state index in [1.54, 1.807) is 0 Å². The number of allylic oxidation sites excluding steroid dienone is 6. The first kappa shape index (κ1) is 33.5.